The van der Waals surface area contributed by atoms with E-state index in [0.717, 1.165) is 19.0 Å². The second kappa shape index (κ2) is 6.18. The topological polar surface area (TPSA) is 15.3 Å². The molecule has 1 N–H and O–H groups in total. The van der Waals surface area contributed by atoms with Crippen LogP contribution >= 0.6 is 0 Å². The van der Waals surface area contributed by atoms with Gasteiger partial charge < -0.3 is 5.32 Å². The van der Waals surface area contributed by atoms with Gasteiger partial charge >= 0.3 is 0 Å². The van der Waals surface area contributed by atoms with Gasteiger partial charge in [-0.15, -0.1) is 0 Å². The summed E-state index contributed by atoms with van der Waals surface area (Å²) < 4.78 is 0. The largest absolute Gasteiger partial charge is 0.317 e. The minimum Gasteiger partial charge on any atom is -0.317 e. The average molecular weight is 232 g/mol. The number of hydrogen-bond acceptors (Lipinski definition) is 2. The fourth-order valence-corrected chi connectivity index (χ4v) is 2.61. The third-order valence-corrected chi connectivity index (χ3v) is 3.76. The molecule has 1 aromatic carbocycles. The maximum absolute atomic E-state index is 3.43. The summed E-state index contributed by atoms with van der Waals surface area (Å²) in [6.07, 6.45) is 3.69. The summed E-state index contributed by atoms with van der Waals surface area (Å²) in [4.78, 5) is 2.51. The summed E-state index contributed by atoms with van der Waals surface area (Å²) in [5.41, 5.74) is 2.89. The molecule has 0 aromatic heterocycles. The fraction of sp³-hybridized carbons (Fsp3) is 0.600. The van der Waals surface area contributed by atoms with E-state index >= 15 is 0 Å². The molecule has 2 rings (SSSR count). The van der Waals surface area contributed by atoms with Crippen molar-refractivity contribution in [3.8, 4) is 0 Å². The first kappa shape index (κ1) is 12.6. The molecule has 94 valence electrons. The van der Waals surface area contributed by atoms with Crippen LogP contribution in [0.1, 0.15) is 30.9 Å². The van der Waals surface area contributed by atoms with Crippen LogP contribution in [0.25, 0.3) is 0 Å². The van der Waals surface area contributed by atoms with Crippen LogP contribution in [0.5, 0.6) is 0 Å². The maximum atomic E-state index is 3.43. The standard InChI is InChI=1S/C15H24N2/c1-3-13-5-4-6-14(11-13)12-17(2)15-7-9-16-10-8-15/h4-6,11,15-16H,3,7-10,12H2,1-2H3. The van der Waals surface area contributed by atoms with Crippen LogP contribution < -0.4 is 5.32 Å². The highest BCUT2D eigenvalue weighted by molar-refractivity contribution is 5.23. The Kier molecular flexibility index (Phi) is 4.57. The summed E-state index contributed by atoms with van der Waals surface area (Å²) in [6.45, 7) is 5.64. The van der Waals surface area contributed by atoms with E-state index in [-0.39, 0.29) is 0 Å². The highest BCUT2D eigenvalue weighted by Gasteiger charge is 2.17. The molecule has 1 aromatic rings. The van der Waals surface area contributed by atoms with E-state index in [2.05, 4.69) is 48.5 Å². The van der Waals surface area contributed by atoms with Gasteiger partial charge in [0.1, 0.15) is 0 Å². The molecule has 0 spiro atoms. The Hall–Kier alpha value is -0.860. The van der Waals surface area contributed by atoms with Crippen molar-refractivity contribution in [1.29, 1.82) is 0 Å². The van der Waals surface area contributed by atoms with Crippen LogP contribution in [0.3, 0.4) is 0 Å². The third kappa shape index (κ3) is 3.55. The van der Waals surface area contributed by atoms with Gasteiger partial charge in [-0.2, -0.15) is 0 Å². The molecule has 0 amide bonds. The minimum absolute atomic E-state index is 0.751. The Morgan fingerprint density at radius 3 is 2.65 bits per heavy atom. The fourth-order valence-electron chi connectivity index (χ4n) is 2.61. The number of aryl methyl sites for hydroxylation is 1. The first-order chi connectivity index (χ1) is 8.29. The predicted molar refractivity (Wildman–Crippen MR) is 73.2 cm³/mol. The lowest BCUT2D eigenvalue weighted by Gasteiger charge is -2.31. The summed E-state index contributed by atoms with van der Waals surface area (Å²) in [6, 6.07) is 9.74. The van der Waals surface area contributed by atoms with Crippen molar-refractivity contribution in [2.24, 2.45) is 0 Å². The summed E-state index contributed by atoms with van der Waals surface area (Å²) >= 11 is 0. The van der Waals surface area contributed by atoms with Crippen LogP contribution in [0.15, 0.2) is 24.3 Å². The molecule has 1 fully saturated rings. The molecule has 1 heterocycles. The van der Waals surface area contributed by atoms with Crippen LogP contribution in [0.2, 0.25) is 0 Å². The molecular weight excluding hydrogens is 208 g/mol. The molecule has 2 nitrogen and oxygen atoms in total. The Morgan fingerprint density at radius 2 is 1.94 bits per heavy atom. The van der Waals surface area contributed by atoms with Gasteiger partial charge in [-0.05, 0) is 50.5 Å². The zero-order valence-corrected chi connectivity index (χ0v) is 11.1. The predicted octanol–water partition coefficient (Wildman–Crippen LogP) is 2.43. The Morgan fingerprint density at radius 1 is 1.24 bits per heavy atom. The monoisotopic (exact) mass is 232 g/mol. The number of rotatable bonds is 4. The van der Waals surface area contributed by atoms with E-state index < -0.39 is 0 Å². The highest BCUT2D eigenvalue weighted by Crippen LogP contribution is 2.14. The van der Waals surface area contributed by atoms with Crippen molar-refractivity contribution in [3.63, 3.8) is 0 Å². The Balaban J connectivity index is 1.94. The third-order valence-electron chi connectivity index (χ3n) is 3.76. The second-order valence-corrected chi connectivity index (χ2v) is 5.07. The molecule has 1 aliphatic heterocycles. The summed E-state index contributed by atoms with van der Waals surface area (Å²) in [7, 11) is 2.26. The van der Waals surface area contributed by atoms with Crippen LogP contribution in [0.4, 0.5) is 0 Å². The van der Waals surface area contributed by atoms with Gasteiger partial charge in [-0.3, -0.25) is 4.90 Å². The van der Waals surface area contributed by atoms with Crippen LogP contribution in [-0.4, -0.2) is 31.1 Å². The Labute approximate surface area is 105 Å². The zero-order valence-electron chi connectivity index (χ0n) is 11.1. The quantitative estimate of drug-likeness (QED) is 0.857. The van der Waals surface area contributed by atoms with Gasteiger partial charge in [0.25, 0.3) is 0 Å². The number of nitrogens with one attached hydrogen (secondary N) is 1. The molecule has 0 bridgehead atoms. The van der Waals surface area contributed by atoms with Crippen molar-refractivity contribution in [2.45, 2.75) is 38.8 Å². The normalized spacial score (nSPS) is 17.6. The SMILES string of the molecule is CCc1cccc(CN(C)C2CCNCC2)c1. The zero-order chi connectivity index (χ0) is 12.1. The van der Waals surface area contributed by atoms with Crippen molar-refractivity contribution in [3.05, 3.63) is 35.4 Å². The van der Waals surface area contributed by atoms with Gasteiger partial charge in [0.05, 0.1) is 0 Å². The molecule has 0 unspecified atom stereocenters. The number of benzene rings is 1. The second-order valence-electron chi connectivity index (χ2n) is 5.07. The summed E-state index contributed by atoms with van der Waals surface area (Å²) in [5.74, 6) is 0. The van der Waals surface area contributed by atoms with Crippen LogP contribution in [-0.2, 0) is 13.0 Å². The maximum Gasteiger partial charge on any atom is 0.0233 e. The molecule has 1 saturated heterocycles. The first-order valence-corrected chi connectivity index (χ1v) is 6.78. The molecule has 0 saturated carbocycles. The van der Waals surface area contributed by atoms with Crippen molar-refractivity contribution in [2.75, 3.05) is 20.1 Å². The molecule has 0 aliphatic carbocycles. The summed E-state index contributed by atoms with van der Waals surface area (Å²) in [5, 5.41) is 3.43. The van der Waals surface area contributed by atoms with Gasteiger partial charge in [0.2, 0.25) is 0 Å². The molecule has 2 heteroatoms. The van der Waals surface area contributed by atoms with Crippen molar-refractivity contribution >= 4 is 0 Å². The molecule has 17 heavy (non-hydrogen) atoms. The average Bonchev–Trinajstić information content (AvgIpc) is 2.40. The lowest BCUT2D eigenvalue weighted by molar-refractivity contribution is 0.192. The molecular formula is C15H24N2. The van der Waals surface area contributed by atoms with E-state index in [1.165, 1.54) is 37.1 Å². The van der Waals surface area contributed by atoms with E-state index in [0.29, 0.717) is 0 Å². The lowest BCUT2D eigenvalue weighted by Crippen LogP contribution is -2.40. The first-order valence-electron chi connectivity index (χ1n) is 6.78. The van der Waals surface area contributed by atoms with Crippen molar-refractivity contribution in [1.82, 2.24) is 10.2 Å². The molecule has 1 aliphatic rings. The van der Waals surface area contributed by atoms with Gasteiger partial charge in [0.15, 0.2) is 0 Å². The lowest BCUT2D eigenvalue weighted by atomic mass is 10.0. The smallest absolute Gasteiger partial charge is 0.0233 e. The van der Waals surface area contributed by atoms with Gasteiger partial charge in [0, 0.05) is 12.6 Å². The number of hydrogen-bond donors (Lipinski definition) is 1. The van der Waals surface area contributed by atoms with Crippen molar-refractivity contribution < 1.29 is 0 Å². The van der Waals surface area contributed by atoms with Crippen LogP contribution in [0, 0.1) is 0 Å². The molecule has 0 atom stereocenters. The van der Waals surface area contributed by atoms with Gasteiger partial charge in [-0.25, -0.2) is 0 Å². The van der Waals surface area contributed by atoms with Gasteiger partial charge in [-0.1, -0.05) is 31.2 Å². The van der Waals surface area contributed by atoms with E-state index in [1.807, 2.05) is 0 Å². The number of piperidine rings is 1. The van der Waals surface area contributed by atoms with E-state index in [9.17, 15) is 0 Å². The van der Waals surface area contributed by atoms with E-state index in [4.69, 9.17) is 0 Å². The minimum atomic E-state index is 0.751. The Bertz CT molecular complexity index is 343. The molecule has 0 radical (unpaired) electrons. The number of nitrogens with zero attached hydrogens (tertiary/aromatic N) is 1. The highest BCUT2D eigenvalue weighted by atomic mass is 15.1. The van der Waals surface area contributed by atoms with E-state index in [1.54, 1.807) is 0 Å².